The Hall–Kier alpha value is -1.46. The van der Waals surface area contributed by atoms with E-state index in [9.17, 15) is 9.59 Å². The number of nitrogens with zero attached hydrogens (tertiary/aromatic N) is 2. The molecule has 2 amide bonds. The van der Waals surface area contributed by atoms with E-state index in [1.165, 1.54) is 19.0 Å². The third kappa shape index (κ3) is 3.96. The Morgan fingerprint density at radius 2 is 1.56 bits per heavy atom. The first-order valence-electron chi connectivity index (χ1n) is 5.46. The number of amides is 2. The predicted octanol–water partition coefficient (Wildman–Crippen LogP) is 1.61. The van der Waals surface area contributed by atoms with E-state index in [0.717, 1.165) is 25.7 Å². The highest BCUT2D eigenvalue weighted by Crippen LogP contribution is 2.10. The first kappa shape index (κ1) is 12.6. The van der Waals surface area contributed by atoms with Crippen LogP contribution in [-0.4, -0.2) is 49.2 Å². The minimum absolute atomic E-state index is 0.586. The molecule has 0 spiro atoms. The summed E-state index contributed by atoms with van der Waals surface area (Å²) < 4.78 is 0. The highest BCUT2D eigenvalue weighted by molar-refractivity contribution is 5.70. The first-order valence-corrected chi connectivity index (χ1v) is 5.46. The average molecular weight is 230 g/mol. The van der Waals surface area contributed by atoms with E-state index >= 15 is 0 Å². The molecule has 0 radical (unpaired) electrons. The molecule has 0 aromatic rings. The topological polar surface area (TPSA) is 59.1 Å². The van der Waals surface area contributed by atoms with Crippen molar-refractivity contribution < 1.29 is 19.4 Å². The van der Waals surface area contributed by atoms with E-state index in [2.05, 4.69) is 9.78 Å². The van der Waals surface area contributed by atoms with Crippen molar-refractivity contribution in [1.82, 2.24) is 9.80 Å². The summed E-state index contributed by atoms with van der Waals surface area (Å²) in [6, 6.07) is 0. The maximum Gasteiger partial charge on any atom is 0.453 e. The summed E-state index contributed by atoms with van der Waals surface area (Å²) in [5, 5.41) is 0. The first-order chi connectivity index (χ1) is 7.61. The number of hydrogen-bond donors (Lipinski definition) is 0. The van der Waals surface area contributed by atoms with Gasteiger partial charge in [0, 0.05) is 27.2 Å². The van der Waals surface area contributed by atoms with Crippen LogP contribution in [-0.2, 0) is 9.78 Å². The molecule has 0 unspecified atom stereocenters. The molecular weight excluding hydrogens is 212 g/mol. The zero-order valence-electron chi connectivity index (χ0n) is 9.77. The van der Waals surface area contributed by atoms with Gasteiger partial charge in [0.2, 0.25) is 0 Å². The van der Waals surface area contributed by atoms with Crippen molar-refractivity contribution in [1.29, 1.82) is 0 Å². The van der Waals surface area contributed by atoms with Crippen molar-refractivity contribution in [3.63, 3.8) is 0 Å². The predicted molar refractivity (Wildman–Crippen MR) is 56.7 cm³/mol. The molecule has 0 atom stereocenters. The van der Waals surface area contributed by atoms with Crippen molar-refractivity contribution in [2.24, 2.45) is 0 Å². The fraction of sp³-hybridized carbons (Fsp3) is 0.800. The molecule has 0 saturated carbocycles. The Bertz CT molecular complexity index is 247. The summed E-state index contributed by atoms with van der Waals surface area (Å²) in [4.78, 5) is 34.1. The normalized spacial score (nSPS) is 16.2. The second-order valence-electron chi connectivity index (χ2n) is 3.99. The van der Waals surface area contributed by atoms with Crippen molar-refractivity contribution in [2.75, 3.05) is 27.2 Å². The van der Waals surface area contributed by atoms with Gasteiger partial charge in [0.05, 0.1) is 0 Å². The van der Waals surface area contributed by atoms with Gasteiger partial charge in [0.1, 0.15) is 0 Å². The van der Waals surface area contributed by atoms with Crippen LogP contribution in [0.4, 0.5) is 9.59 Å². The lowest BCUT2D eigenvalue weighted by Gasteiger charge is -2.18. The second-order valence-corrected chi connectivity index (χ2v) is 3.99. The smallest absolute Gasteiger partial charge is 0.311 e. The number of hydrogen-bond acceptors (Lipinski definition) is 4. The van der Waals surface area contributed by atoms with Gasteiger partial charge in [-0.3, -0.25) is 0 Å². The Labute approximate surface area is 95.0 Å². The van der Waals surface area contributed by atoms with Crippen molar-refractivity contribution in [2.45, 2.75) is 25.7 Å². The van der Waals surface area contributed by atoms with Crippen LogP contribution in [0.1, 0.15) is 25.7 Å². The van der Waals surface area contributed by atoms with Crippen LogP contribution in [0.25, 0.3) is 0 Å². The van der Waals surface area contributed by atoms with Gasteiger partial charge in [-0.2, -0.15) is 0 Å². The van der Waals surface area contributed by atoms with Gasteiger partial charge < -0.3 is 9.80 Å². The van der Waals surface area contributed by atoms with Gasteiger partial charge in [-0.05, 0) is 12.8 Å². The van der Waals surface area contributed by atoms with Gasteiger partial charge in [-0.1, -0.05) is 12.8 Å². The Kier molecular flexibility index (Phi) is 4.88. The molecule has 0 aromatic carbocycles. The van der Waals surface area contributed by atoms with Gasteiger partial charge in [0.25, 0.3) is 0 Å². The number of carbonyl (C=O) groups excluding carboxylic acids is 2. The Balaban J connectivity index is 2.30. The monoisotopic (exact) mass is 230 g/mol. The van der Waals surface area contributed by atoms with Crippen LogP contribution in [0.2, 0.25) is 0 Å². The average Bonchev–Trinajstić information content (AvgIpc) is 2.53. The molecule has 0 aromatic heterocycles. The minimum atomic E-state index is -0.692. The summed E-state index contributed by atoms with van der Waals surface area (Å²) >= 11 is 0. The Morgan fingerprint density at radius 1 is 1.00 bits per heavy atom. The molecule has 6 nitrogen and oxygen atoms in total. The molecule has 1 aliphatic heterocycles. The lowest BCUT2D eigenvalue weighted by atomic mass is 10.2. The number of likely N-dealkylation sites (tertiary alicyclic amines) is 1. The summed E-state index contributed by atoms with van der Waals surface area (Å²) in [5.41, 5.74) is 0. The largest absolute Gasteiger partial charge is 0.453 e. The molecule has 16 heavy (non-hydrogen) atoms. The minimum Gasteiger partial charge on any atom is -0.311 e. The molecule has 0 aliphatic carbocycles. The molecule has 1 fully saturated rings. The molecule has 0 bridgehead atoms. The maximum atomic E-state index is 11.5. The van der Waals surface area contributed by atoms with Crippen LogP contribution in [0, 0.1) is 0 Å². The molecule has 0 N–H and O–H groups in total. The summed E-state index contributed by atoms with van der Waals surface area (Å²) in [7, 11) is 3.03. The lowest BCUT2D eigenvalue weighted by molar-refractivity contribution is -0.194. The molecule has 1 rings (SSSR count). The third-order valence-corrected chi connectivity index (χ3v) is 2.41. The summed E-state index contributed by atoms with van der Waals surface area (Å²) in [6.45, 7) is 1.33. The fourth-order valence-electron chi connectivity index (χ4n) is 1.45. The van der Waals surface area contributed by atoms with Crippen LogP contribution in [0.5, 0.6) is 0 Å². The van der Waals surface area contributed by atoms with E-state index in [4.69, 9.17) is 0 Å². The van der Waals surface area contributed by atoms with E-state index < -0.39 is 12.2 Å². The molecule has 1 heterocycles. The van der Waals surface area contributed by atoms with Crippen LogP contribution < -0.4 is 0 Å². The zero-order chi connectivity index (χ0) is 12.0. The molecule has 1 saturated heterocycles. The highest BCUT2D eigenvalue weighted by atomic mass is 17.2. The SMILES string of the molecule is CN(C)C(=O)OOC(=O)N1CCCCCC1. The Morgan fingerprint density at radius 3 is 2.06 bits per heavy atom. The fourth-order valence-corrected chi connectivity index (χ4v) is 1.45. The van der Waals surface area contributed by atoms with E-state index in [-0.39, 0.29) is 0 Å². The van der Waals surface area contributed by atoms with Crippen LogP contribution >= 0.6 is 0 Å². The van der Waals surface area contributed by atoms with E-state index in [1.54, 1.807) is 4.90 Å². The second kappa shape index (κ2) is 6.19. The van der Waals surface area contributed by atoms with Crippen LogP contribution in [0.15, 0.2) is 0 Å². The maximum absolute atomic E-state index is 11.5. The van der Waals surface area contributed by atoms with Gasteiger partial charge in [-0.25, -0.2) is 19.4 Å². The van der Waals surface area contributed by atoms with E-state index in [0.29, 0.717) is 13.1 Å². The molecule has 1 aliphatic rings. The van der Waals surface area contributed by atoms with Crippen molar-refractivity contribution in [3.8, 4) is 0 Å². The molecular formula is C10H18N2O4. The quantitative estimate of drug-likeness (QED) is 0.468. The van der Waals surface area contributed by atoms with Crippen molar-refractivity contribution >= 4 is 12.2 Å². The number of rotatable bonds is 0. The van der Waals surface area contributed by atoms with Crippen LogP contribution in [0.3, 0.4) is 0 Å². The summed E-state index contributed by atoms with van der Waals surface area (Å²) in [6.07, 6.45) is 2.91. The third-order valence-electron chi connectivity index (χ3n) is 2.41. The molecule has 92 valence electrons. The van der Waals surface area contributed by atoms with Crippen molar-refractivity contribution in [3.05, 3.63) is 0 Å². The van der Waals surface area contributed by atoms with Gasteiger partial charge >= 0.3 is 12.2 Å². The highest BCUT2D eigenvalue weighted by Gasteiger charge is 2.19. The zero-order valence-corrected chi connectivity index (χ0v) is 9.77. The lowest BCUT2D eigenvalue weighted by Crippen LogP contribution is -2.34. The van der Waals surface area contributed by atoms with Gasteiger partial charge in [0.15, 0.2) is 0 Å². The van der Waals surface area contributed by atoms with Gasteiger partial charge in [-0.15, -0.1) is 0 Å². The summed E-state index contributed by atoms with van der Waals surface area (Å²) in [5.74, 6) is 0. The molecule has 6 heteroatoms. The van der Waals surface area contributed by atoms with E-state index in [1.807, 2.05) is 0 Å². The number of carbonyl (C=O) groups is 2. The standard InChI is InChI=1S/C10H18N2O4/c1-11(2)9(13)15-16-10(14)12-7-5-3-4-6-8-12/h3-8H2,1-2H3.